The summed E-state index contributed by atoms with van der Waals surface area (Å²) in [6.07, 6.45) is 0. The summed E-state index contributed by atoms with van der Waals surface area (Å²) in [6, 6.07) is 4.86. The number of amides is 2. The second kappa shape index (κ2) is 4.90. The second-order valence-corrected chi connectivity index (χ2v) is 5.45. The van der Waals surface area contributed by atoms with Gasteiger partial charge in [-0.05, 0) is 18.2 Å². The third-order valence-corrected chi connectivity index (χ3v) is 4.04. The van der Waals surface area contributed by atoms with E-state index in [1.807, 2.05) is 4.90 Å². The number of hydrogen-bond donors (Lipinski definition) is 2. The molecule has 0 aromatic heterocycles. The van der Waals surface area contributed by atoms with Gasteiger partial charge in [0.05, 0.1) is 11.7 Å². The Kier molecular flexibility index (Phi) is 3.21. The minimum Gasteiger partial charge on any atom is -0.389 e. The van der Waals surface area contributed by atoms with Crippen LogP contribution in [-0.2, 0) is 0 Å². The molecule has 7 heteroatoms. The van der Waals surface area contributed by atoms with Gasteiger partial charge < -0.3 is 20.9 Å². The Morgan fingerprint density at radius 2 is 2.25 bits per heavy atom. The molecule has 2 heterocycles. The maximum Gasteiger partial charge on any atom is 0.317 e. The molecule has 106 valence electrons. The van der Waals surface area contributed by atoms with Crippen molar-refractivity contribution in [2.24, 2.45) is 5.73 Å². The molecule has 2 aliphatic rings. The van der Waals surface area contributed by atoms with E-state index in [2.05, 4.69) is 5.32 Å². The predicted octanol–water partition coefficient (Wildman–Crippen LogP) is 0.674. The highest BCUT2D eigenvalue weighted by Crippen LogP contribution is 2.24. The van der Waals surface area contributed by atoms with Crippen LogP contribution in [0.2, 0.25) is 0 Å². The van der Waals surface area contributed by atoms with Crippen LogP contribution in [0.5, 0.6) is 0 Å². The van der Waals surface area contributed by atoms with Crippen LogP contribution in [0.15, 0.2) is 18.2 Å². The lowest BCUT2D eigenvalue weighted by atomic mass is 10.1. The first-order valence-electron chi connectivity index (χ1n) is 6.45. The molecule has 5 nitrogen and oxygen atoms in total. The van der Waals surface area contributed by atoms with Gasteiger partial charge in [0, 0.05) is 31.7 Å². The fourth-order valence-electron chi connectivity index (χ4n) is 2.74. The van der Waals surface area contributed by atoms with E-state index in [-0.39, 0.29) is 22.9 Å². The number of rotatable bonds is 2. The van der Waals surface area contributed by atoms with Crippen LogP contribution in [0.3, 0.4) is 0 Å². The largest absolute Gasteiger partial charge is 0.389 e. The molecule has 1 aromatic carbocycles. The summed E-state index contributed by atoms with van der Waals surface area (Å²) >= 11 is 4.84. The van der Waals surface area contributed by atoms with Crippen molar-refractivity contribution in [3.63, 3.8) is 0 Å². The molecule has 2 aliphatic heterocycles. The smallest absolute Gasteiger partial charge is 0.317 e. The number of halogens is 1. The van der Waals surface area contributed by atoms with Gasteiger partial charge in [-0.2, -0.15) is 0 Å². The highest BCUT2D eigenvalue weighted by atomic mass is 32.1. The number of nitrogens with two attached hydrogens (primary N) is 1. The van der Waals surface area contributed by atoms with Crippen LogP contribution in [0.4, 0.5) is 14.9 Å². The number of piperazine rings is 1. The molecule has 0 radical (unpaired) electrons. The molecule has 2 amide bonds. The molecule has 1 atom stereocenters. The lowest BCUT2D eigenvalue weighted by Gasteiger charge is -2.37. The van der Waals surface area contributed by atoms with Crippen LogP contribution < -0.4 is 16.0 Å². The molecule has 1 aromatic rings. The summed E-state index contributed by atoms with van der Waals surface area (Å²) in [4.78, 5) is 15.5. The first kappa shape index (κ1) is 13.1. The fraction of sp³-hybridized carbons (Fsp3) is 0.385. The first-order chi connectivity index (χ1) is 9.56. The first-order valence-corrected chi connectivity index (χ1v) is 6.86. The summed E-state index contributed by atoms with van der Waals surface area (Å²) in [5, 5.41) is 2.81. The van der Waals surface area contributed by atoms with Gasteiger partial charge in [-0.25, -0.2) is 9.18 Å². The molecular weight excluding hydrogens is 279 g/mol. The monoisotopic (exact) mass is 294 g/mol. The Morgan fingerprint density at radius 1 is 1.45 bits per heavy atom. The van der Waals surface area contributed by atoms with Crippen molar-refractivity contribution < 1.29 is 9.18 Å². The van der Waals surface area contributed by atoms with Gasteiger partial charge in [0.15, 0.2) is 0 Å². The van der Waals surface area contributed by atoms with E-state index in [1.165, 1.54) is 6.07 Å². The Bertz CT molecular complexity index is 579. The minimum atomic E-state index is -0.332. The van der Waals surface area contributed by atoms with E-state index in [0.717, 1.165) is 0 Å². The van der Waals surface area contributed by atoms with Crippen LogP contribution in [-0.4, -0.2) is 48.1 Å². The van der Waals surface area contributed by atoms with Crippen LogP contribution in [0, 0.1) is 5.82 Å². The van der Waals surface area contributed by atoms with Crippen molar-refractivity contribution in [3.8, 4) is 0 Å². The third kappa shape index (κ3) is 2.18. The summed E-state index contributed by atoms with van der Waals surface area (Å²) in [5.41, 5.74) is 6.55. The van der Waals surface area contributed by atoms with Gasteiger partial charge in [0.1, 0.15) is 10.8 Å². The Labute approximate surface area is 121 Å². The number of nitrogens with zero attached hydrogens (tertiary/aromatic N) is 2. The number of carbonyl (C=O) groups excluding carboxylic acids is 1. The van der Waals surface area contributed by atoms with Gasteiger partial charge in [-0.1, -0.05) is 12.2 Å². The quantitative estimate of drug-likeness (QED) is 0.787. The average Bonchev–Trinajstić information content (AvgIpc) is 2.79. The zero-order valence-corrected chi connectivity index (χ0v) is 11.6. The van der Waals surface area contributed by atoms with Gasteiger partial charge >= 0.3 is 6.03 Å². The zero-order valence-electron chi connectivity index (χ0n) is 10.8. The summed E-state index contributed by atoms with van der Waals surface area (Å²) in [5.74, 6) is -0.332. The molecular formula is C13H15FN4OS. The van der Waals surface area contributed by atoms with E-state index in [1.54, 1.807) is 17.0 Å². The van der Waals surface area contributed by atoms with E-state index in [0.29, 0.717) is 37.4 Å². The van der Waals surface area contributed by atoms with Gasteiger partial charge in [0.2, 0.25) is 0 Å². The zero-order chi connectivity index (χ0) is 14.3. The third-order valence-electron chi connectivity index (χ3n) is 3.81. The van der Waals surface area contributed by atoms with Crippen LogP contribution >= 0.6 is 12.2 Å². The average molecular weight is 294 g/mol. The van der Waals surface area contributed by atoms with E-state index in [9.17, 15) is 9.18 Å². The van der Waals surface area contributed by atoms with Crippen LogP contribution in [0.1, 0.15) is 5.56 Å². The number of carbonyl (C=O) groups is 1. The number of anilines is 1. The molecule has 0 bridgehead atoms. The minimum absolute atomic E-state index is 0.0287. The lowest BCUT2D eigenvalue weighted by Crippen LogP contribution is -2.52. The molecule has 3 rings (SSSR count). The van der Waals surface area contributed by atoms with Crippen molar-refractivity contribution in [1.29, 1.82) is 0 Å². The Morgan fingerprint density at radius 3 is 2.95 bits per heavy atom. The van der Waals surface area contributed by atoms with E-state index in [4.69, 9.17) is 18.0 Å². The van der Waals surface area contributed by atoms with E-state index >= 15 is 0 Å². The summed E-state index contributed by atoms with van der Waals surface area (Å²) < 4.78 is 14.2. The highest BCUT2D eigenvalue weighted by Gasteiger charge is 2.35. The van der Waals surface area contributed by atoms with Crippen LogP contribution in [0.25, 0.3) is 0 Å². The molecule has 1 unspecified atom stereocenters. The standard InChI is InChI=1S/C13H15FN4OS/c14-10-5-8(12(15)20)1-2-11(10)17-3-4-18-9(7-17)6-16-13(18)19/h1-2,5,9H,3-4,6-7H2,(H2,15,20)(H,16,19). The number of thiocarbonyl (C=S) groups is 1. The molecule has 2 saturated heterocycles. The lowest BCUT2D eigenvalue weighted by molar-refractivity contribution is 0.197. The Hall–Kier alpha value is -1.89. The van der Waals surface area contributed by atoms with E-state index < -0.39 is 0 Å². The summed E-state index contributed by atoms with van der Waals surface area (Å²) in [6.45, 7) is 2.46. The molecule has 20 heavy (non-hydrogen) atoms. The number of hydrogen-bond acceptors (Lipinski definition) is 3. The maximum atomic E-state index is 14.2. The van der Waals surface area contributed by atoms with Crippen molar-refractivity contribution >= 4 is 28.9 Å². The van der Waals surface area contributed by atoms with Gasteiger partial charge in [-0.15, -0.1) is 0 Å². The van der Waals surface area contributed by atoms with Crippen molar-refractivity contribution in [3.05, 3.63) is 29.6 Å². The molecule has 0 saturated carbocycles. The topological polar surface area (TPSA) is 61.6 Å². The molecule has 2 fully saturated rings. The number of fused-ring (bicyclic) bond motifs is 1. The normalized spacial score (nSPS) is 21.6. The Balaban J connectivity index is 1.80. The van der Waals surface area contributed by atoms with Gasteiger partial charge in [-0.3, -0.25) is 0 Å². The number of nitrogens with one attached hydrogen (secondary N) is 1. The fourth-order valence-corrected chi connectivity index (χ4v) is 2.87. The summed E-state index contributed by atoms with van der Waals surface area (Å²) in [7, 11) is 0. The molecule has 0 spiro atoms. The molecule has 0 aliphatic carbocycles. The molecule has 3 N–H and O–H groups in total. The van der Waals surface area contributed by atoms with Crippen molar-refractivity contribution in [1.82, 2.24) is 10.2 Å². The highest BCUT2D eigenvalue weighted by molar-refractivity contribution is 7.80. The van der Waals surface area contributed by atoms with Crippen molar-refractivity contribution in [2.75, 3.05) is 31.1 Å². The second-order valence-electron chi connectivity index (χ2n) is 5.01. The van der Waals surface area contributed by atoms with Crippen molar-refractivity contribution in [2.45, 2.75) is 6.04 Å². The maximum absolute atomic E-state index is 14.2. The number of urea groups is 1. The van der Waals surface area contributed by atoms with Gasteiger partial charge in [0.25, 0.3) is 0 Å². The number of benzene rings is 1. The SMILES string of the molecule is NC(=S)c1ccc(N2CCN3C(=O)NCC3C2)c(F)c1. The predicted molar refractivity (Wildman–Crippen MR) is 78.4 cm³/mol.